The number of aromatic amines is 1. The molecule has 0 unspecified atom stereocenters. The summed E-state index contributed by atoms with van der Waals surface area (Å²) >= 11 is 0. The quantitative estimate of drug-likeness (QED) is 0.312. The Morgan fingerprint density at radius 3 is 2.45 bits per heavy atom. The first-order valence-electron chi connectivity index (χ1n) is 10.2. The second-order valence-electron chi connectivity index (χ2n) is 7.90. The van der Waals surface area contributed by atoms with Crippen molar-refractivity contribution in [1.82, 2.24) is 10.3 Å². The van der Waals surface area contributed by atoms with Crippen LogP contribution in [0.1, 0.15) is 38.1 Å². The van der Waals surface area contributed by atoms with Crippen LogP contribution >= 0.6 is 0 Å². The molecule has 0 atom stereocenters. The van der Waals surface area contributed by atoms with Gasteiger partial charge in [-0.1, -0.05) is 38.6 Å². The molecule has 33 heavy (non-hydrogen) atoms. The molecule has 2 aromatic rings. The van der Waals surface area contributed by atoms with E-state index in [1.54, 1.807) is 32.0 Å². The molecular weight excluding hydrogens is 428 g/mol. The molecule has 2 rings (SSSR count). The van der Waals surface area contributed by atoms with E-state index in [0.717, 1.165) is 6.92 Å². The largest absolute Gasteiger partial charge is 0.394 e. The lowest BCUT2D eigenvalue weighted by atomic mass is 9.96. The molecule has 1 heterocycles. The maximum absolute atomic E-state index is 14.0. The highest BCUT2D eigenvalue weighted by Gasteiger charge is 2.30. The number of rotatable bonds is 8. The van der Waals surface area contributed by atoms with Crippen molar-refractivity contribution in [2.45, 2.75) is 33.6 Å². The highest BCUT2D eigenvalue weighted by atomic mass is 19.3. The van der Waals surface area contributed by atoms with Crippen molar-refractivity contribution >= 4 is 22.5 Å². The molecule has 0 saturated heterocycles. The van der Waals surface area contributed by atoms with Gasteiger partial charge in [0, 0.05) is 40.9 Å². The smallest absolute Gasteiger partial charge is 0.271 e. The zero-order chi connectivity index (χ0) is 24.9. The molecule has 0 aliphatic rings. The second-order valence-corrected chi connectivity index (χ2v) is 7.90. The maximum atomic E-state index is 14.0. The normalized spacial score (nSPS) is 13.7. The lowest BCUT2D eigenvalue weighted by Crippen LogP contribution is -2.30. The van der Waals surface area contributed by atoms with Crippen LogP contribution in [0.2, 0.25) is 0 Å². The van der Waals surface area contributed by atoms with Crippen LogP contribution in [0.25, 0.3) is 10.8 Å². The number of Topliss-reactive ketones (excluding diaryl/α,β-unsaturated/α-hetero) is 1. The fourth-order valence-electron chi connectivity index (χ4n) is 3.33. The highest BCUT2D eigenvalue weighted by molar-refractivity contribution is 6.18. The SMILES string of the molecule is C=C/C=C(\C=C(/C(C)C)C(C)(F)F)NC(=O)/C(N)=C(\C)C(=O)c1cccc2c(=O)[nH]ccc12. The number of aromatic nitrogens is 1. The van der Waals surface area contributed by atoms with E-state index in [2.05, 4.69) is 16.9 Å². The summed E-state index contributed by atoms with van der Waals surface area (Å²) in [6, 6.07) is 6.25. The van der Waals surface area contributed by atoms with Crippen molar-refractivity contribution in [2.24, 2.45) is 11.7 Å². The number of alkyl halides is 2. The first kappa shape index (κ1) is 25.5. The van der Waals surface area contributed by atoms with Crippen molar-refractivity contribution in [2.75, 3.05) is 0 Å². The predicted octanol–water partition coefficient (Wildman–Crippen LogP) is 4.37. The fourth-order valence-corrected chi connectivity index (χ4v) is 3.33. The first-order valence-corrected chi connectivity index (χ1v) is 10.2. The van der Waals surface area contributed by atoms with Crippen LogP contribution < -0.4 is 16.6 Å². The minimum atomic E-state index is -3.10. The Labute approximate surface area is 190 Å². The summed E-state index contributed by atoms with van der Waals surface area (Å²) in [7, 11) is 0. The zero-order valence-corrected chi connectivity index (χ0v) is 19.0. The van der Waals surface area contributed by atoms with Gasteiger partial charge >= 0.3 is 0 Å². The van der Waals surface area contributed by atoms with Crippen molar-refractivity contribution < 1.29 is 18.4 Å². The molecule has 0 aliphatic carbocycles. The molecule has 174 valence electrons. The average Bonchev–Trinajstić information content (AvgIpc) is 2.74. The molecule has 0 aliphatic heterocycles. The van der Waals surface area contributed by atoms with E-state index in [4.69, 9.17) is 5.73 Å². The summed E-state index contributed by atoms with van der Waals surface area (Å²) in [6.45, 7) is 8.93. The Bertz CT molecular complexity index is 1250. The van der Waals surface area contributed by atoms with E-state index < -0.39 is 23.5 Å². The van der Waals surface area contributed by atoms with Crippen molar-refractivity contribution in [3.8, 4) is 0 Å². The summed E-state index contributed by atoms with van der Waals surface area (Å²) in [6.07, 6.45) is 5.29. The zero-order valence-electron chi connectivity index (χ0n) is 19.0. The number of nitrogens with one attached hydrogen (secondary N) is 2. The Hall–Kier alpha value is -3.81. The Morgan fingerprint density at radius 2 is 1.88 bits per heavy atom. The van der Waals surface area contributed by atoms with Gasteiger partial charge in [0.25, 0.3) is 17.4 Å². The Morgan fingerprint density at radius 1 is 1.21 bits per heavy atom. The van der Waals surface area contributed by atoms with E-state index in [1.807, 2.05) is 0 Å². The van der Waals surface area contributed by atoms with Gasteiger partial charge in [0.05, 0.1) is 0 Å². The molecule has 0 radical (unpaired) electrons. The summed E-state index contributed by atoms with van der Waals surface area (Å²) in [5.41, 5.74) is 5.25. The molecule has 0 fully saturated rings. The summed E-state index contributed by atoms with van der Waals surface area (Å²) in [5.74, 6) is -4.95. The predicted molar refractivity (Wildman–Crippen MR) is 126 cm³/mol. The van der Waals surface area contributed by atoms with Gasteiger partial charge in [-0.3, -0.25) is 14.4 Å². The lowest BCUT2D eigenvalue weighted by Gasteiger charge is -2.20. The molecule has 8 heteroatoms. The van der Waals surface area contributed by atoms with Crippen LogP contribution in [-0.2, 0) is 4.79 Å². The van der Waals surface area contributed by atoms with E-state index in [0.29, 0.717) is 10.8 Å². The number of allylic oxidation sites excluding steroid dienone is 5. The van der Waals surface area contributed by atoms with E-state index in [9.17, 15) is 23.2 Å². The van der Waals surface area contributed by atoms with Crippen molar-refractivity contribution in [3.63, 3.8) is 0 Å². The highest BCUT2D eigenvalue weighted by Crippen LogP contribution is 2.30. The molecule has 1 amide bonds. The molecule has 1 aromatic carbocycles. The van der Waals surface area contributed by atoms with Gasteiger partial charge in [0.2, 0.25) is 0 Å². The van der Waals surface area contributed by atoms with Crippen LogP contribution in [0.4, 0.5) is 8.78 Å². The van der Waals surface area contributed by atoms with Crippen LogP contribution in [0.15, 0.2) is 82.6 Å². The Balaban J connectivity index is 2.43. The molecular formula is C25H27F2N3O3. The molecule has 0 spiro atoms. The average molecular weight is 456 g/mol. The van der Waals surface area contributed by atoms with Crippen LogP contribution in [-0.4, -0.2) is 22.6 Å². The molecule has 4 N–H and O–H groups in total. The van der Waals surface area contributed by atoms with Crippen molar-refractivity contribution in [1.29, 1.82) is 0 Å². The second kappa shape index (κ2) is 10.2. The van der Waals surface area contributed by atoms with Gasteiger partial charge in [-0.25, -0.2) is 8.78 Å². The maximum Gasteiger partial charge on any atom is 0.271 e. The number of pyridine rings is 1. The number of fused-ring (bicyclic) bond motifs is 1. The minimum Gasteiger partial charge on any atom is -0.394 e. The fraction of sp³-hybridized carbons (Fsp3) is 0.240. The van der Waals surface area contributed by atoms with E-state index in [1.165, 1.54) is 37.4 Å². The van der Waals surface area contributed by atoms with Crippen LogP contribution in [0.5, 0.6) is 0 Å². The number of hydrogen-bond acceptors (Lipinski definition) is 4. The number of carbonyl (C=O) groups is 2. The van der Waals surface area contributed by atoms with Gasteiger partial charge in [-0.15, -0.1) is 0 Å². The number of carbonyl (C=O) groups excluding carboxylic acids is 2. The van der Waals surface area contributed by atoms with Gasteiger partial charge in [0.1, 0.15) is 5.70 Å². The number of halogens is 2. The summed E-state index contributed by atoms with van der Waals surface area (Å²) in [4.78, 5) is 40.3. The van der Waals surface area contributed by atoms with E-state index in [-0.39, 0.29) is 33.7 Å². The Kier molecular flexibility index (Phi) is 7.87. The number of amides is 1. The number of benzene rings is 1. The van der Waals surface area contributed by atoms with E-state index >= 15 is 0 Å². The minimum absolute atomic E-state index is 0.0490. The standard InChI is InChI=1S/C25H27F2N3O3/c1-6-8-16(13-20(14(2)3)25(5,26)27)30-24(33)21(28)15(4)22(31)18-9-7-10-19-17(18)11-12-29-23(19)32/h6-14H,1,28H2,2-5H3,(H,29,32)(H,30,33)/b16-8+,20-13+,21-15-. The third-order valence-corrected chi connectivity index (χ3v) is 5.04. The number of H-pyrrole nitrogens is 1. The number of ketones is 1. The van der Waals surface area contributed by atoms with Crippen LogP contribution in [0, 0.1) is 5.92 Å². The summed E-state index contributed by atoms with van der Waals surface area (Å²) in [5, 5.41) is 3.20. The summed E-state index contributed by atoms with van der Waals surface area (Å²) < 4.78 is 27.9. The molecule has 1 aromatic heterocycles. The molecule has 0 bridgehead atoms. The molecule has 6 nitrogen and oxygen atoms in total. The topological polar surface area (TPSA) is 105 Å². The monoisotopic (exact) mass is 455 g/mol. The molecule has 0 saturated carbocycles. The van der Waals surface area contributed by atoms with Gasteiger partial charge < -0.3 is 16.0 Å². The van der Waals surface area contributed by atoms with Crippen LogP contribution in [0.3, 0.4) is 0 Å². The van der Waals surface area contributed by atoms with Gasteiger partial charge in [-0.2, -0.15) is 0 Å². The lowest BCUT2D eigenvalue weighted by molar-refractivity contribution is -0.116. The van der Waals surface area contributed by atoms with Gasteiger partial charge in [-0.05, 0) is 42.5 Å². The third kappa shape index (κ3) is 5.91. The number of nitrogens with two attached hydrogens (primary N) is 1. The number of hydrogen-bond donors (Lipinski definition) is 3. The third-order valence-electron chi connectivity index (χ3n) is 5.04. The van der Waals surface area contributed by atoms with Crippen molar-refractivity contribution in [3.05, 3.63) is 93.7 Å². The first-order chi connectivity index (χ1) is 15.4. The van der Waals surface area contributed by atoms with Gasteiger partial charge in [0.15, 0.2) is 5.78 Å².